The van der Waals surface area contributed by atoms with E-state index < -0.39 is 0 Å². The molecule has 1 spiro atoms. The SMILES string of the molecule is CC[C@H]1O[C@@H](C)[C@@]2(CCO2)[C@@H]1C. The average molecular weight is 170 g/mol. The van der Waals surface area contributed by atoms with Crippen molar-refractivity contribution in [3.8, 4) is 0 Å². The molecular formula is C10H18O2. The Morgan fingerprint density at radius 1 is 1.42 bits per heavy atom. The molecule has 0 bridgehead atoms. The second-order valence-corrected chi connectivity index (χ2v) is 4.07. The van der Waals surface area contributed by atoms with Crippen molar-refractivity contribution in [2.45, 2.75) is 51.4 Å². The largest absolute Gasteiger partial charge is 0.372 e. The maximum absolute atomic E-state index is 5.86. The molecule has 2 heteroatoms. The van der Waals surface area contributed by atoms with Gasteiger partial charge in [-0.15, -0.1) is 0 Å². The van der Waals surface area contributed by atoms with Crippen molar-refractivity contribution in [2.75, 3.05) is 6.61 Å². The number of rotatable bonds is 1. The van der Waals surface area contributed by atoms with Crippen molar-refractivity contribution in [1.82, 2.24) is 0 Å². The first-order valence-electron chi connectivity index (χ1n) is 5.00. The lowest BCUT2D eigenvalue weighted by atomic mass is 9.78. The van der Waals surface area contributed by atoms with Gasteiger partial charge in [-0.25, -0.2) is 0 Å². The lowest BCUT2D eigenvalue weighted by Crippen LogP contribution is -2.53. The molecule has 0 N–H and O–H groups in total. The van der Waals surface area contributed by atoms with Crippen LogP contribution in [0.15, 0.2) is 0 Å². The minimum absolute atomic E-state index is 0.0840. The monoisotopic (exact) mass is 170 g/mol. The fraction of sp³-hybridized carbons (Fsp3) is 1.00. The lowest BCUT2D eigenvalue weighted by molar-refractivity contribution is -0.187. The fourth-order valence-corrected chi connectivity index (χ4v) is 2.65. The summed E-state index contributed by atoms with van der Waals surface area (Å²) >= 11 is 0. The van der Waals surface area contributed by atoms with Crippen LogP contribution < -0.4 is 0 Å². The predicted molar refractivity (Wildman–Crippen MR) is 47.1 cm³/mol. The number of ether oxygens (including phenoxy) is 2. The molecule has 0 aromatic heterocycles. The quantitative estimate of drug-likeness (QED) is 0.599. The normalized spacial score (nSPS) is 52.8. The topological polar surface area (TPSA) is 18.5 Å². The summed E-state index contributed by atoms with van der Waals surface area (Å²) in [6.07, 6.45) is 3.01. The van der Waals surface area contributed by atoms with Crippen LogP contribution >= 0.6 is 0 Å². The third kappa shape index (κ3) is 0.882. The van der Waals surface area contributed by atoms with Gasteiger partial charge in [0.1, 0.15) is 5.60 Å². The van der Waals surface area contributed by atoms with Crippen molar-refractivity contribution in [3.63, 3.8) is 0 Å². The van der Waals surface area contributed by atoms with Gasteiger partial charge in [-0.3, -0.25) is 0 Å². The van der Waals surface area contributed by atoms with Crippen LogP contribution in [0.5, 0.6) is 0 Å². The van der Waals surface area contributed by atoms with Crippen molar-refractivity contribution in [3.05, 3.63) is 0 Å². The molecule has 0 unspecified atom stereocenters. The van der Waals surface area contributed by atoms with Gasteiger partial charge in [-0.2, -0.15) is 0 Å². The van der Waals surface area contributed by atoms with E-state index in [-0.39, 0.29) is 5.60 Å². The van der Waals surface area contributed by atoms with Gasteiger partial charge in [0.15, 0.2) is 0 Å². The van der Waals surface area contributed by atoms with E-state index in [4.69, 9.17) is 9.47 Å². The number of hydrogen-bond acceptors (Lipinski definition) is 2. The molecule has 2 nitrogen and oxygen atoms in total. The van der Waals surface area contributed by atoms with E-state index >= 15 is 0 Å². The summed E-state index contributed by atoms with van der Waals surface area (Å²) in [4.78, 5) is 0. The molecule has 4 atom stereocenters. The Labute approximate surface area is 74.2 Å². The van der Waals surface area contributed by atoms with Gasteiger partial charge >= 0.3 is 0 Å². The minimum atomic E-state index is 0.0840. The van der Waals surface area contributed by atoms with Crippen molar-refractivity contribution < 1.29 is 9.47 Å². The van der Waals surface area contributed by atoms with Crippen LogP contribution in [0.1, 0.15) is 33.6 Å². The molecule has 0 saturated carbocycles. The van der Waals surface area contributed by atoms with Crippen LogP contribution in [0.3, 0.4) is 0 Å². The molecule has 0 amide bonds. The maximum atomic E-state index is 5.86. The molecule has 2 aliphatic heterocycles. The lowest BCUT2D eigenvalue weighted by Gasteiger charge is -2.44. The van der Waals surface area contributed by atoms with Crippen molar-refractivity contribution in [2.24, 2.45) is 5.92 Å². The Balaban J connectivity index is 2.14. The summed E-state index contributed by atoms with van der Waals surface area (Å²) in [6, 6.07) is 0. The van der Waals surface area contributed by atoms with E-state index in [0.29, 0.717) is 18.1 Å². The highest BCUT2D eigenvalue weighted by Crippen LogP contribution is 2.47. The highest BCUT2D eigenvalue weighted by atomic mass is 16.6. The molecular weight excluding hydrogens is 152 g/mol. The van der Waals surface area contributed by atoms with Gasteiger partial charge in [0.2, 0.25) is 0 Å². The smallest absolute Gasteiger partial charge is 0.101 e. The van der Waals surface area contributed by atoms with Gasteiger partial charge in [0, 0.05) is 12.3 Å². The van der Waals surface area contributed by atoms with Crippen molar-refractivity contribution >= 4 is 0 Å². The Bertz CT molecular complexity index is 175. The van der Waals surface area contributed by atoms with Crippen molar-refractivity contribution in [1.29, 1.82) is 0 Å². The van der Waals surface area contributed by atoms with Crippen LogP contribution in [-0.2, 0) is 9.47 Å². The van der Waals surface area contributed by atoms with Gasteiger partial charge in [0.05, 0.1) is 18.8 Å². The van der Waals surface area contributed by atoms with Crippen LogP contribution in [0.4, 0.5) is 0 Å². The molecule has 12 heavy (non-hydrogen) atoms. The zero-order chi connectivity index (χ0) is 8.77. The zero-order valence-electron chi connectivity index (χ0n) is 8.17. The molecule has 2 saturated heterocycles. The standard InChI is InChI=1S/C10H18O2/c1-4-9-7(2)10(5-6-11-10)8(3)12-9/h7-9H,4-6H2,1-3H3/t7-,8+,9-,10-/m1/s1. The van der Waals surface area contributed by atoms with Crippen LogP contribution in [-0.4, -0.2) is 24.4 Å². The predicted octanol–water partition coefficient (Wildman–Crippen LogP) is 1.98. The molecule has 2 heterocycles. The second-order valence-electron chi connectivity index (χ2n) is 4.07. The second kappa shape index (κ2) is 2.71. The summed E-state index contributed by atoms with van der Waals surface area (Å²) in [5.41, 5.74) is 0.0840. The molecule has 0 aromatic rings. The van der Waals surface area contributed by atoms with E-state index in [1.54, 1.807) is 0 Å². The summed E-state index contributed by atoms with van der Waals surface area (Å²) in [5, 5.41) is 0. The Morgan fingerprint density at radius 2 is 2.08 bits per heavy atom. The average Bonchev–Trinajstić information content (AvgIpc) is 2.21. The van der Waals surface area contributed by atoms with Gasteiger partial charge < -0.3 is 9.47 Å². The third-order valence-electron chi connectivity index (χ3n) is 3.66. The highest BCUT2D eigenvalue weighted by molar-refractivity contribution is 5.04. The molecule has 2 rings (SSSR count). The van der Waals surface area contributed by atoms with E-state index in [9.17, 15) is 0 Å². The first-order valence-corrected chi connectivity index (χ1v) is 5.00. The summed E-state index contributed by atoms with van der Waals surface area (Å²) in [6.45, 7) is 7.52. The molecule has 0 aliphatic carbocycles. The Kier molecular flexibility index (Phi) is 1.92. The molecule has 2 aliphatic rings. The van der Waals surface area contributed by atoms with E-state index in [2.05, 4.69) is 20.8 Å². The van der Waals surface area contributed by atoms with Crippen LogP contribution in [0, 0.1) is 5.92 Å². The number of hydrogen-bond donors (Lipinski definition) is 0. The van der Waals surface area contributed by atoms with E-state index in [1.165, 1.54) is 6.42 Å². The minimum Gasteiger partial charge on any atom is -0.372 e. The summed E-state index contributed by atoms with van der Waals surface area (Å²) in [7, 11) is 0. The highest BCUT2D eigenvalue weighted by Gasteiger charge is 2.56. The fourth-order valence-electron chi connectivity index (χ4n) is 2.65. The zero-order valence-corrected chi connectivity index (χ0v) is 8.17. The summed E-state index contributed by atoms with van der Waals surface area (Å²) in [5.74, 6) is 0.575. The first kappa shape index (κ1) is 8.52. The molecule has 70 valence electrons. The molecule has 0 aromatic carbocycles. The Morgan fingerprint density at radius 3 is 2.33 bits per heavy atom. The third-order valence-corrected chi connectivity index (χ3v) is 3.66. The maximum Gasteiger partial charge on any atom is 0.101 e. The van der Waals surface area contributed by atoms with E-state index in [0.717, 1.165) is 13.0 Å². The molecule has 2 fully saturated rings. The van der Waals surface area contributed by atoms with E-state index in [1.807, 2.05) is 0 Å². The van der Waals surface area contributed by atoms with Crippen LogP contribution in [0.25, 0.3) is 0 Å². The first-order chi connectivity index (χ1) is 5.70. The van der Waals surface area contributed by atoms with Gasteiger partial charge in [-0.1, -0.05) is 13.8 Å². The molecule has 0 radical (unpaired) electrons. The van der Waals surface area contributed by atoms with Crippen LogP contribution in [0.2, 0.25) is 0 Å². The van der Waals surface area contributed by atoms with Gasteiger partial charge in [0.25, 0.3) is 0 Å². The summed E-state index contributed by atoms with van der Waals surface area (Å²) < 4.78 is 11.6. The Hall–Kier alpha value is -0.0800. The van der Waals surface area contributed by atoms with Gasteiger partial charge in [-0.05, 0) is 13.3 Å².